The van der Waals surface area contributed by atoms with E-state index in [0.29, 0.717) is 31.0 Å². The minimum Gasteiger partial charge on any atom is -0.350 e. The molecule has 3 rings (SSSR count). The average molecular weight is 394 g/mol. The Morgan fingerprint density at radius 2 is 2.00 bits per heavy atom. The molecule has 138 valence electrons. The fraction of sp³-hybridized carbons (Fsp3) is 0.333. The number of pyridine rings is 1. The molecule has 1 aromatic heterocycles. The van der Waals surface area contributed by atoms with Gasteiger partial charge in [0.15, 0.2) is 0 Å². The summed E-state index contributed by atoms with van der Waals surface area (Å²) in [5.41, 5.74) is 0.766. The van der Waals surface area contributed by atoms with Gasteiger partial charge in [0.25, 0.3) is 0 Å². The van der Waals surface area contributed by atoms with E-state index in [9.17, 15) is 13.2 Å². The van der Waals surface area contributed by atoms with E-state index >= 15 is 0 Å². The number of amides is 1. The van der Waals surface area contributed by atoms with Gasteiger partial charge in [-0.25, -0.2) is 8.42 Å². The Labute approximate surface area is 158 Å². The van der Waals surface area contributed by atoms with Crippen LogP contribution in [0.4, 0.5) is 0 Å². The van der Waals surface area contributed by atoms with Crippen LogP contribution in [0.25, 0.3) is 0 Å². The Morgan fingerprint density at radius 1 is 1.23 bits per heavy atom. The molecule has 1 fully saturated rings. The maximum absolute atomic E-state index is 12.8. The van der Waals surface area contributed by atoms with E-state index in [2.05, 4.69) is 10.3 Å². The lowest BCUT2D eigenvalue weighted by atomic mass is 9.99. The highest BCUT2D eigenvalue weighted by atomic mass is 35.5. The fourth-order valence-electron chi connectivity index (χ4n) is 2.96. The lowest BCUT2D eigenvalue weighted by molar-refractivity contribution is -0.126. The molecule has 8 heteroatoms. The number of piperidine rings is 1. The van der Waals surface area contributed by atoms with Crippen LogP contribution in [0.2, 0.25) is 5.02 Å². The van der Waals surface area contributed by atoms with Gasteiger partial charge in [0, 0.05) is 24.3 Å². The first-order valence-corrected chi connectivity index (χ1v) is 10.2. The molecule has 2 heterocycles. The molecule has 0 aliphatic carbocycles. The Hall–Kier alpha value is -1.96. The van der Waals surface area contributed by atoms with Crippen molar-refractivity contribution in [3.05, 3.63) is 59.4 Å². The predicted octanol–water partition coefficient (Wildman–Crippen LogP) is 2.45. The van der Waals surface area contributed by atoms with Crippen molar-refractivity contribution in [2.24, 2.45) is 5.92 Å². The first-order valence-electron chi connectivity index (χ1n) is 8.40. The number of carbonyl (C=O) groups excluding carboxylic acids is 1. The van der Waals surface area contributed by atoms with E-state index in [1.54, 1.807) is 18.3 Å². The number of rotatable bonds is 5. The third-order valence-corrected chi connectivity index (χ3v) is 6.51. The molecular formula is C18H20ClN3O3S. The quantitative estimate of drug-likeness (QED) is 0.846. The van der Waals surface area contributed by atoms with E-state index in [1.807, 2.05) is 18.2 Å². The molecule has 0 radical (unpaired) electrons. The van der Waals surface area contributed by atoms with Crippen molar-refractivity contribution < 1.29 is 13.2 Å². The standard InChI is InChI=1S/C18H20ClN3O3S/c19-15-6-8-17(9-7-15)26(24,25)22-11-3-4-14(13-22)18(23)21-12-16-5-1-2-10-20-16/h1-2,5-10,14H,3-4,11-13H2,(H,21,23). The van der Waals surface area contributed by atoms with Crippen molar-refractivity contribution in [2.45, 2.75) is 24.3 Å². The van der Waals surface area contributed by atoms with Crippen LogP contribution in [-0.4, -0.2) is 36.7 Å². The average Bonchev–Trinajstić information content (AvgIpc) is 2.67. The van der Waals surface area contributed by atoms with Crippen LogP contribution >= 0.6 is 11.6 Å². The zero-order chi connectivity index (χ0) is 18.6. The lowest BCUT2D eigenvalue weighted by Gasteiger charge is -2.31. The van der Waals surface area contributed by atoms with Gasteiger partial charge in [-0.2, -0.15) is 4.31 Å². The zero-order valence-electron chi connectivity index (χ0n) is 14.1. The summed E-state index contributed by atoms with van der Waals surface area (Å²) in [6, 6.07) is 11.6. The van der Waals surface area contributed by atoms with Gasteiger partial charge >= 0.3 is 0 Å². The molecule has 1 saturated heterocycles. The molecule has 1 aliphatic rings. The van der Waals surface area contributed by atoms with Crippen LogP contribution < -0.4 is 5.32 Å². The summed E-state index contributed by atoms with van der Waals surface area (Å²) in [7, 11) is -3.63. The SMILES string of the molecule is O=C(NCc1ccccn1)C1CCCN(S(=O)(=O)c2ccc(Cl)cc2)C1. The zero-order valence-corrected chi connectivity index (χ0v) is 15.7. The highest BCUT2D eigenvalue weighted by Gasteiger charge is 2.33. The summed E-state index contributed by atoms with van der Waals surface area (Å²) in [6.07, 6.45) is 2.98. The van der Waals surface area contributed by atoms with Crippen LogP contribution in [-0.2, 0) is 21.4 Å². The van der Waals surface area contributed by atoms with E-state index in [-0.39, 0.29) is 23.3 Å². The van der Waals surface area contributed by atoms with Crippen LogP contribution in [0.3, 0.4) is 0 Å². The number of sulfonamides is 1. The van der Waals surface area contributed by atoms with E-state index < -0.39 is 10.0 Å². The minimum absolute atomic E-state index is 0.147. The van der Waals surface area contributed by atoms with Crippen LogP contribution in [0, 0.1) is 5.92 Å². The first-order chi connectivity index (χ1) is 12.5. The number of halogens is 1. The largest absolute Gasteiger partial charge is 0.350 e. The number of aromatic nitrogens is 1. The van der Waals surface area contributed by atoms with Crippen LogP contribution in [0.1, 0.15) is 18.5 Å². The summed E-state index contributed by atoms with van der Waals surface area (Å²) in [5.74, 6) is -0.513. The molecule has 2 aromatic rings. The van der Waals surface area contributed by atoms with Gasteiger partial charge in [0.1, 0.15) is 0 Å². The number of nitrogens with one attached hydrogen (secondary N) is 1. The van der Waals surface area contributed by atoms with Crippen molar-refractivity contribution in [1.29, 1.82) is 0 Å². The van der Waals surface area contributed by atoms with Gasteiger partial charge in [0.2, 0.25) is 15.9 Å². The molecule has 1 unspecified atom stereocenters. The first kappa shape index (κ1) is 18.8. The maximum Gasteiger partial charge on any atom is 0.243 e. The summed E-state index contributed by atoms with van der Waals surface area (Å²) >= 11 is 5.83. The fourth-order valence-corrected chi connectivity index (χ4v) is 4.60. The molecule has 1 amide bonds. The Balaban J connectivity index is 1.64. The number of hydrogen-bond donors (Lipinski definition) is 1. The summed E-state index contributed by atoms with van der Waals surface area (Å²) in [4.78, 5) is 16.8. The molecule has 1 atom stereocenters. The van der Waals surface area contributed by atoms with E-state index in [1.165, 1.54) is 16.4 Å². The predicted molar refractivity (Wildman–Crippen MR) is 99.0 cm³/mol. The smallest absolute Gasteiger partial charge is 0.243 e. The Morgan fingerprint density at radius 3 is 2.69 bits per heavy atom. The summed E-state index contributed by atoms with van der Waals surface area (Å²) < 4.78 is 27.0. The second-order valence-electron chi connectivity index (χ2n) is 6.20. The summed E-state index contributed by atoms with van der Waals surface area (Å²) in [5, 5.41) is 3.33. The van der Waals surface area contributed by atoms with Crippen molar-refractivity contribution in [3.8, 4) is 0 Å². The summed E-state index contributed by atoms with van der Waals surface area (Å²) in [6.45, 7) is 0.925. The molecule has 26 heavy (non-hydrogen) atoms. The molecule has 0 spiro atoms. The molecular weight excluding hydrogens is 374 g/mol. The van der Waals surface area contributed by atoms with Gasteiger partial charge in [-0.05, 0) is 49.2 Å². The van der Waals surface area contributed by atoms with E-state index in [0.717, 1.165) is 5.69 Å². The van der Waals surface area contributed by atoms with Crippen LogP contribution in [0.15, 0.2) is 53.6 Å². The number of hydrogen-bond acceptors (Lipinski definition) is 4. The third kappa shape index (κ3) is 4.41. The normalized spacial score (nSPS) is 18.4. The Bertz CT molecular complexity index is 857. The monoisotopic (exact) mass is 393 g/mol. The molecule has 1 aliphatic heterocycles. The van der Waals surface area contributed by atoms with Gasteiger partial charge in [0.05, 0.1) is 23.1 Å². The second-order valence-corrected chi connectivity index (χ2v) is 8.57. The number of benzene rings is 1. The second kappa shape index (κ2) is 8.16. The maximum atomic E-state index is 12.8. The van der Waals surface area contributed by atoms with Gasteiger partial charge < -0.3 is 5.32 Å². The van der Waals surface area contributed by atoms with Crippen molar-refractivity contribution in [2.75, 3.05) is 13.1 Å². The van der Waals surface area contributed by atoms with Gasteiger partial charge in [-0.3, -0.25) is 9.78 Å². The van der Waals surface area contributed by atoms with Gasteiger partial charge in [-0.1, -0.05) is 17.7 Å². The van der Waals surface area contributed by atoms with Crippen molar-refractivity contribution in [1.82, 2.24) is 14.6 Å². The van der Waals surface area contributed by atoms with E-state index in [4.69, 9.17) is 11.6 Å². The molecule has 0 bridgehead atoms. The molecule has 0 saturated carbocycles. The van der Waals surface area contributed by atoms with Crippen LogP contribution in [0.5, 0.6) is 0 Å². The number of nitrogens with zero attached hydrogens (tertiary/aromatic N) is 2. The molecule has 1 N–H and O–H groups in total. The topological polar surface area (TPSA) is 79.4 Å². The lowest BCUT2D eigenvalue weighted by Crippen LogP contribution is -2.45. The van der Waals surface area contributed by atoms with Crippen molar-refractivity contribution >= 4 is 27.5 Å². The highest BCUT2D eigenvalue weighted by molar-refractivity contribution is 7.89. The highest BCUT2D eigenvalue weighted by Crippen LogP contribution is 2.24. The van der Waals surface area contributed by atoms with Crippen molar-refractivity contribution in [3.63, 3.8) is 0 Å². The Kier molecular flexibility index (Phi) is 5.90. The molecule has 6 nitrogen and oxygen atoms in total. The van der Waals surface area contributed by atoms with Gasteiger partial charge in [-0.15, -0.1) is 0 Å². The third-order valence-electron chi connectivity index (χ3n) is 4.38. The minimum atomic E-state index is -3.63. The number of carbonyl (C=O) groups is 1. The molecule has 1 aromatic carbocycles.